The lowest BCUT2D eigenvalue weighted by molar-refractivity contribution is -0.0226. The van der Waals surface area contributed by atoms with Crippen molar-refractivity contribution in [2.24, 2.45) is 0 Å². The van der Waals surface area contributed by atoms with Crippen molar-refractivity contribution in [3.8, 4) is 27.4 Å². The molecule has 2 fully saturated rings. The zero-order chi connectivity index (χ0) is 29.4. The van der Waals surface area contributed by atoms with E-state index in [1.807, 2.05) is 29.3 Å². The number of fused-ring (bicyclic) bond motifs is 7. The molecule has 1 aliphatic carbocycles. The zero-order valence-electron chi connectivity index (χ0n) is 22.1. The summed E-state index contributed by atoms with van der Waals surface area (Å²) in [4.78, 5) is 45.4. The fourth-order valence-corrected chi connectivity index (χ4v) is 7.02. The van der Waals surface area contributed by atoms with E-state index >= 15 is 4.39 Å². The molecular formula is C29H20F2N4O7S. The van der Waals surface area contributed by atoms with Crippen molar-refractivity contribution in [3.63, 3.8) is 0 Å². The molecule has 1 amide bonds. The third-order valence-corrected chi connectivity index (χ3v) is 8.82. The van der Waals surface area contributed by atoms with E-state index in [-0.39, 0.29) is 43.4 Å². The second-order valence-electron chi connectivity index (χ2n) is 10.2. The molecule has 2 aromatic heterocycles. The maximum absolute atomic E-state index is 15.8. The van der Waals surface area contributed by atoms with E-state index in [0.717, 1.165) is 17.2 Å². The van der Waals surface area contributed by atoms with Crippen LogP contribution < -0.4 is 15.2 Å². The second-order valence-corrected chi connectivity index (χ2v) is 11.1. The van der Waals surface area contributed by atoms with Gasteiger partial charge in [0.15, 0.2) is 23.9 Å². The van der Waals surface area contributed by atoms with Gasteiger partial charge in [0.1, 0.15) is 6.17 Å². The Morgan fingerprint density at radius 2 is 1.88 bits per heavy atom. The lowest BCUT2D eigenvalue weighted by Gasteiger charge is -2.51. The number of aromatic nitrogens is 2. The van der Waals surface area contributed by atoms with Crippen LogP contribution >= 0.6 is 11.3 Å². The first-order valence-electron chi connectivity index (χ1n) is 13.4. The van der Waals surface area contributed by atoms with Gasteiger partial charge in [0.25, 0.3) is 12.2 Å². The zero-order valence-corrected chi connectivity index (χ0v) is 22.9. The topological polar surface area (TPSA) is 112 Å². The largest absolute Gasteiger partial charge is 0.511 e. The number of benzene rings is 2. The van der Waals surface area contributed by atoms with Crippen LogP contribution in [0.5, 0.6) is 5.75 Å². The number of thiazole rings is 1. The third-order valence-electron chi connectivity index (χ3n) is 7.96. The standard InChI is InChI=1S/C29H20F2N4O7S/c30-17-6-5-16-21(22(17)31)23-27(43-13-32-23)15-4-2-1-3-14(15)24(16)35-19-11-39-10-9-33(19)28(37)25-26(18(36)7-8-34(25)35)41-20-12-40-29(38)42-20/h1-8,13,19-20,24H,9-12H2/t19-,20?,24-/m1/s1. The van der Waals surface area contributed by atoms with Gasteiger partial charge in [-0.2, -0.15) is 0 Å². The molecule has 0 spiro atoms. The quantitative estimate of drug-likeness (QED) is 0.323. The van der Waals surface area contributed by atoms with Gasteiger partial charge < -0.3 is 23.8 Å². The highest BCUT2D eigenvalue weighted by Crippen LogP contribution is 2.50. The average Bonchev–Trinajstić information content (AvgIpc) is 3.64. The summed E-state index contributed by atoms with van der Waals surface area (Å²) >= 11 is 1.31. The Labute approximate surface area is 245 Å². The number of nitrogens with zero attached hydrogens (tertiary/aromatic N) is 4. The van der Waals surface area contributed by atoms with Crippen molar-refractivity contribution >= 4 is 23.4 Å². The molecule has 0 radical (unpaired) electrons. The van der Waals surface area contributed by atoms with Crippen LogP contribution in [-0.4, -0.2) is 65.4 Å². The van der Waals surface area contributed by atoms with E-state index in [4.69, 9.17) is 18.9 Å². The number of ether oxygens (including phenoxy) is 4. The van der Waals surface area contributed by atoms with E-state index in [0.29, 0.717) is 16.1 Å². The Balaban J connectivity index is 1.41. The molecule has 14 heteroatoms. The van der Waals surface area contributed by atoms with E-state index in [1.165, 1.54) is 34.3 Å². The lowest BCUT2D eigenvalue weighted by atomic mass is 9.92. The van der Waals surface area contributed by atoms with E-state index in [2.05, 4.69) is 4.98 Å². The number of cyclic esters (lactones) is 2. The molecule has 43 heavy (non-hydrogen) atoms. The van der Waals surface area contributed by atoms with Crippen LogP contribution in [0, 0.1) is 11.6 Å². The third kappa shape index (κ3) is 3.79. The lowest BCUT2D eigenvalue weighted by Crippen LogP contribution is -2.66. The fourth-order valence-electron chi connectivity index (χ4n) is 6.18. The summed E-state index contributed by atoms with van der Waals surface area (Å²) in [5.41, 5.74) is 3.08. The molecular weight excluding hydrogens is 586 g/mol. The summed E-state index contributed by atoms with van der Waals surface area (Å²) in [6, 6.07) is 10.5. The highest BCUT2D eigenvalue weighted by atomic mass is 32.1. The number of morpholine rings is 1. The number of hydrogen-bond acceptors (Lipinski definition) is 10. The number of carbonyl (C=O) groups is 2. The minimum Gasteiger partial charge on any atom is -0.444 e. The van der Waals surface area contributed by atoms with Crippen molar-refractivity contribution in [2.45, 2.75) is 18.5 Å². The normalized spacial score (nSPS) is 22.0. The number of hydrogen-bond donors (Lipinski definition) is 0. The van der Waals surface area contributed by atoms with E-state index < -0.39 is 47.6 Å². The number of halogens is 2. The molecule has 3 atom stereocenters. The molecule has 4 aliphatic rings. The average molecular weight is 607 g/mol. The van der Waals surface area contributed by atoms with Gasteiger partial charge in [-0.3, -0.25) is 19.3 Å². The summed E-state index contributed by atoms with van der Waals surface area (Å²) < 4.78 is 53.5. The molecule has 0 saturated carbocycles. The molecule has 2 aromatic carbocycles. The fraction of sp³-hybridized carbons (Fsp3) is 0.241. The number of pyridine rings is 1. The van der Waals surface area contributed by atoms with Crippen molar-refractivity contribution in [3.05, 3.63) is 92.9 Å². The first-order valence-corrected chi connectivity index (χ1v) is 14.2. The molecule has 8 rings (SSSR count). The van der Waals surface area contributed by atoms with Gasteiger partial charge in [-0.05, 0) is 22.8 Å². The number of amides is 1. The monoisotopic (exact) mass is 606 g/mol. The van der Waals surface area contributed by atoms with Crippen LogP contribution in [0.4, 0.5) is 13.6 Å². The maximum Gasteiger partial charge on any atom is 0.511 e. The summed E-state index contributed by atoms with van der Waals surface area (Å²) in [5.74, 6) is -2.90. The van der Waals surface area contributed by atoms with Crippen LogP contribution in [0.25, 0.3) is 21.7 Å². The van der Waals surface area contributed by atoms with Crippen molar-refractivity contribution in [1.82, 2.24) is 14.6 Å². The Bertz CT molecular complexity index is 1890. The smallest absolute Gasteiger partial charge is 0.444 e. The SMILES string of the molecule is O=C1OCC(Oc2c3n(ccc2=O)N([C@@H]2c4ccccc4-c4scnc4-c4c2ccc(F)c4F)[C@@H]2COCCN2C3=O)O1. The highest BCUT2D eigenvalue weighted by molar-refractivity contribution is 7.13. The Hall–Kier alpha value is -4.82. The molecule has 1 unspecified atom stereocenters. The molecule has 0 bridgehead atoms. The predicted molar refractivity (Wildman–Crippen MR) is 146 cm³/mol. The molecule has 3 aliphatic heterocycles. The first-order chi connectivity index (χ1) is 20.9. The van der Waals surface area contributed by atoms with Crippen LogP contribution in [0.3, 0.4) is 0 Å². The van der Waals surface area contributed by atoms with Crippen LogP contribution in [0.15, 0.2) is 59.0 Å². The van der Waals surface area contributed by atoms with Crippen molar-refractivity contribution < 1.29 is 37.3 Å². The molecule has 5 heterocycles. The Kier molecular flexibility index (Phi) is 5.78. The van der Waals surface area contributed by atoms with E-state index in [9.17, 15) is 18.8 Å². The summed E-state index contributed by atoms with van der Waals surface area (Å²) in [5, 5.41) is 1.81. The van der Waals surface area contributed by atoms with Crippen molar-refractivity contribution in [1.29, 1.82) is 0 Å². The van der Waals surface area contributed by atoms with Gasteiger partial charge >= 0.3 is 6.16 Å². The predicted octanol–water partition coefficient (Wildman–Crippen LogP) is 3.64. The first kappa shape index (κ1) is 25.9. The summed E-state index contributed by atoms with van der Waals surface area (Å²) in [7, 11) is 0. The minimum absolute atomic E-state index is 0.00622. The number of carbonyl (C=O) groups excluding carboxylic acids is 2. The molecule has 11 nitrogen and oxygen atoms in total. The van der Waals surface area contributed by atoms with Crippen LogP contribution in [-0.2, 0) is 14.2 Å². The van der Waals surface area contributed by atoms with Crippen molar-refractivity contribution in [2.75, 3.05) is 31.4 Å². The molecule has 0 N–H and O–H groups in total. The number of rotatable bonds is 3. The Morgan fingerprint density at radius 1 is 1.02 bits per heavy atom. The summed E-state index contributed by atoms with van der Waals surface area (Å²) in [6.45, 7) is 0.266. The highest BCUT2D eigenvalue weighted by Gasteiger charge is 2.47. The molecule has 4 aromatic rings. The molecule has 218 valence electrons. The van der Waals surface area contributed by atoms with E-state index in [1.54, 1.807) is 10.4 Å². The van der Waals surface area contributed by atoms with Crippen LogP contribution in [0.1, 0.15) is 27.7 Å². The minimum atomic E-state index is -1.24. The second kappa shape index (κ2) is 9.61. The van der Waals surface area contributed by atoms with Gasteiger partial charge in [-0.25, -0.2) is 18.6 Å². The van der Waals surface area contributed by atoms with Gasteiger partial charge in [-0.1, -0.05) is 30.3 Å². The molecule has 2 saturated heterocycles. The maximum atomic E-state index is 15.8. The summed E-state index contributed by atoms with van der Waals surface area (Å²) in [6.07, 6.45) is -1.47. The van der Waals surface area contributed by atoms with Gasteiger partial charge in [0.05, 0.1) is 35.3 Å². The van der Waals surface area contributed by atoms with Crippen LogP contribution in [0.2, 0.25) is 0 Å². The van der Waals surface area contributed by atoms with Gasteiger partial charge in [0, 0.05) is 24.4 Å². The van der Waals surface area contributed by atoms with Gasteiger partial charge in [-0.15, -0.1) is 11.3 Å². The Morgan fingerprint density at radius 3 is 2.72 bits per heavy atom. The van der Waals surface area contributed by atoms with Gasteiger partial charge in [0.2, 0.25) is 11.2 Å².